The van der Waals surface area contributed by atoms with Crippen LogP contribution < -0.4 is 11.1 Å². The summed E-state index contributed by atoms with van der Waals surface area (Å²) in [6, 6.07) is 0. The highest BCUT2D eigenvalue weighted by Crippen LogP contribution is 2.09. The molecule has 0 unspecified atom stereocenters. The highest BCUT2D eigenvalue weighted by atomic mass is 16.1. The van der Waals surface area contributed by atoms with Gasteiger partial charge in [0.1, 0.15) is 0 Å². The average Bonchev–Trinajstić information content (AvgIpc) is 2.56. The number of hydrogen-bond acceptors (Lipinski definition) is 3. The van der Waals surface area contributed by atoms with Crippen molar-refractivity contribution >= 4 is 11.6 Å². The van der Waals surface area contributed by atoms with Crippen LogP contribution in [0.15, 0.2) is 6.20 Å². The molecule has 0 fully saturated rings. The number of carbonyl (C=O) groups is 1. The first-order valence-electron chi connectivity index (χ1n) is 5.65. The Balaban J connectivity index is 2.67. The Morgan fingerprint density at radius 2 is 2.31 bits per heavy atom. The predicted octanol–water partition coefficient (Wildman–Crippen LogP) is 1.26. The largest absolute Gasteiger partial charge is 0.396 e. The molecule has 16 heavy (non-hydrogen) atoms. The number of aromatic nitrogens is 2. The lowest BCUT2D eigenvalue weighted by atomic mass is 10.2. The molecule has 5 heteroatoms. The Kier molecular flexibility index (Phi) is 4.34. The third-order valence-electron chi connectivity index (χ3n) is 2.13. The van der Waals surface area contributed by atoms with Crippen LogP contribution in [0.2, 0.25) is 0 Å². The van der Waals surface area contributed by atoms with E-state index in [0.717, 1.165) is 13.0 Å². The summed E-state index contributed by atoms with van der Waals surface area (Å²) < 4.78 is 1.71. The fourth-order valence-electron chi connectivity index (χ4n) is 1.34. The molecule has 0 aliphatic carbocycles. The highest BCUT2D eigenvalue weighted by molar-refractivity contribution is 5.96. The van der Waals surface area contributed by atoms with Gasteiger partial charge in [0.15, 0.2) is 5.69 Å². The maximum atomic E-state index is 11.7. The number of rotatable bonds is 5. The molecular formula is C11H20N4O. The van der Waals surface area contributed by atoms with Gasteiger partial charge in [-0.05, 0) is 12.3 Å². The lowest BCUT2D eigenvalue weighted by Crippen LogP contribution is -2.28. The zero-order valence-corrected chi connectivity index (χ0v) is 10.2. The number of amides is 1. The number of nitrogens with two attached hydrogens (primary N) is 1. The van der Waals surface area contributed by atoms with E-state index in [1.165, 1.54) is 0 Å². The smallest absolute Gasteiger partial charge is 0.273 e. The monoisotopic (exact) mass is 224 g/mol. The number of hydrogen-bond donors (Lipinski definition) is 2. The molecule has 1 amide bonds. The molecule has 0 aromatic carbocycles. The quantitative estimate of drug-likeness (QED) is 0.790. The summed E-state index contributed by atoms with van der Waals surface area (Å²) in [7, 11) is 0. The lowest BCUT2D eigenvalue weighted by molar-refractivity contribution is 0.0944. The minimum absolute atomic E-state index is 0.193. The lowest BCUT2D eigenvalue weighted by Gasteiger charge is -2.05. The van der Waals surface area contributed by atoms with Gasteiger partial charge in [0.05, 0.1) is 5.69 Å². The van der Waals surface area contributed by atoms with Crippen molar-refractivity contribution in [2.45, 2.75) is 33.7 Å². The standard InChI is InChI=1S/C11H20N4O/c1-4-5-15-7-9(12)10(14-15)11(16)13-6-8(2)3/h7-8H,4-6,12H2,1-3H3,(H,13,16). The SMILES string of the molecule is CCCn1cc(N)c(C(=O)NCC(C)C)n1. The van der Waals surface area contributed by atoms with Crippen molar-refractivity contribution in [1.82, 2.24) is 15.1 Å². The zero-order valence-electron chi connectivity index (χ0n) is 10.2. The van der Waals surface area contributed by atoms with Crippen molar-refractivity contribution in [3.05, 3.63) is 11.9 Å². The van der Waals surface area contributed by atoms with Gasteiger partial charge in [0.2, 0.25) is 0 Å². The Bertz CT molecular complexity index is 357. The fraction of sp³-hybridized carbons (Fsp3) is 0.636. The number of aryl methyl sites for hydroxylation is 1. The maximum Gasteiger partial charge on any atom is 0.273 e. The second-order valence-electron chi connectivity index (χ2n) is 4.30. The number of nitrogens with one attached hydrogen (secondary N) is 1. The van der Waals surface area contributed by atoms with Gasteiger partial charge in [0.25, 0.3) is 5.91 Å². The highest BCUT2D eigenvalue weighted by Gasteiger charge is 2.14. The number of nitrogen functional groups attached to an aromatic ring is 1. The first kappa shape index (κ1) is 12.5. The molecule has 0 bridgehead atoms. The van der Waals surface area contributed by atoms with Gasteiger partial charge in [-0.15, -0.1) is 0 Å². The molecule has 0 aliphatic heterocycles. The van der Waals surface area contributed by atoms with Crippen molar-refractivity contribution in [1.29, 1.82) is 0 Å². The van der Waals surface area contributed by atoms with E-state index < -0.39 is 0 Å². The van der Waals surface area contributed by atoms with E-state index in [-0.39, 0.29) is 5.91 Å². The number of carbonyl (C=O) groups excluding carboxylic acids is 1. The second-order valence-corrected chi connectivity index (χ2v) is 4.30. The summed E-state index contributed by atoms with van der Waals surface area (Å²) in [6.45, 7) is 7.55. The summed E-state index contributed by atoms with van der Waals surface area (Å²) in [6.07, 6.45) is 2.67. The molecule has 0 atom stereocenters. The molecule has 1 heterocycles. The molecule has 0 saturated heterocycles. The van der Waals surface area contributed by atoms with E-state index in [1.807, 2.05) is 13.8 Å². The molecule has 0 saturated carbocycles. The number of nitrogens with zero attached hydrogens (tertiary/aromatic N) is 2. The van der Waals surface area contributed by atoms with E-state index >= 15 is 0 Å². The first-order chi connectivity index (χ1) is 7.54. The summed E-state index contributed by atoms with van der Waals surface area (Å²) in [5.74, 6) is 0.226. The van der Waals surface area contributed by atoms with Crippen LogP contribution in [0.25, 0.3) is 0 Å². The minimum atomic E-state index is -0.193. The summed E-state index contributed by atoms with van der Waals surface area (Å²) in [5.41, 5.74) is 6.50. The van der Waals surface area contributed by atoms with Crippen LogP contribution in [0.1, 0.15) is 37.7 Å². The molecule has 90 valence electrons. The van der Waals surface area contributed by atoms with Crippen LogP contribution in [0, 0.1) is 5.92 Å². The van der Waals surface area contributed by atoms with Crippen molar-refractivity contribution in [2.24, 2.45) is 5.92 Å². The van der Waals surface area contributed by atoms with Crippen LogP contribution in [0.3, 0.4) is 0 Å². The van der Waals surface area contributed by atoms with Gasteiger partial charge >= 0.3 is 0 Å². The van der Waals surface area contributed by atoms with Crippen LogP contribution >= 0.6 is 0 Å². The normalized spacial score (nSPS) is 10.8. The minimum Gasteiger partial charge on any atom is -0.396 e. The average molecular weight is 224 g/mol. The molecule has 1 aromatic rings. The van der Waals surface area contributed by atoms with Gasteiger partial charge in [0, 0.05) is 19.3 Å². The molecule has 0 radical (unpaired) electrons. The molecule has 0 spiro atoms. The van der Waals surface area contributed by atoms with Gasteiger partial charge in [-0.3, -0.25) is 9.48 Å². The van der Waals surface area contributed by atoms with E-state index in [2.05, 4.69) is 17.3 Å². The predicted molar refractivity (Wildman–Crippen MR) is 64.1 cm³/mol. The Morgan fingerprint density at radius 1 is 1.62 bits per heavy atom. The van der Waals surface area contributed by atoms with Crippen LogP contribution in [0.5, 0.6) is 0 Å². The summed E-state index contributed by atoms with van der Waals surface area (Å²) in [5, 5.41) is 6.96. The van der Waals surface area contributed by atoms with Gasteiger partial charge in [-0.25, -0.2) is 0 Å². The molecular weight excluding hydrogens is 204 g/mol. The van der Waals surface area contributed by atoms with Crippen LogP contribution in [0.4, 0.5) is 5.69 Å². The molecule has 1 aromatic heterocycles. The van der Waals surface area contributed by atoms with Crippen LogP contribution in [-0.2, 0) is 6.54 Å². The van der Waals surface area contributed by atoms with E-state index in [4.69, 9.17) is 5.73 Å². The topological polar surface area (TPSA) is 72.9 Å². The van der Waals surface area contributed by atoms with Gasteiger partial charge in [-0.1, -0.05) is 20.8 Å². The summed E-state index contributed by atoms with van der Waals surface area (Å²) >= 11 is 0. The van der Waals surface area contributed by atoms with Gasteiger partial charge < -0.3 is 11.1 Å². The van der Waals surface area contributed by atoms with Crippen LogP contribution in [-0.4, -0.2) is 22.2 Å². The Hall–Kier alpha value is -1.52. The van der Waals surface area contributed by atoms with E-state index in [1.54, 1.807) is 10.9 Å². The Morgan fingerprint density at radius 3 is 2.88 bits per heavy atom. The second kappa shape index (κ2) is 5.53. The molecule has 0 aliphatic rings. The van der Waals surface area contributed by atoms with Gasteiger partial charge in [-0.2, -0.15) is 5.10 Å². The molecule has 1 rings (SSSR count). The summed E-state index contributed by atoms with van der Waals surface area (Å²) in [4.78, 5) is 11.7. The molecule has 5 nitrogen and oxygen atoms in total. The molecule has 3 N–H and O–H groups in total. The van der Waals surface area contributed by atoms with E-state index in [9.17, 15) is 4.79 Å². The Labute approximate surface area is 96.0 Å². The van der Waals surface area contributed by atoms with Crippen molar-refractivity contribution < 1.29 is 4.79 Å². The third kappa shape index (κ3) is 3.25. The maximum absolute atomic E-state index is 11.7. The van der Waals surface area contributed by atoms with Crippen molar-refractivity contribution in [3.8, 4) is 0 Å². The fourth-order valence-corrected chi connectivity index (χ4v) is 1.34. The van der Waals surface area contributed by atoms with Crippen molar-refractivity contribution in [3.63, 3.8) is 0 Å². The van der Waals surface area contributed by atoms with E-state index in [0.29, 0.717) is 23.8 Å². The first-order valence-corrected chi connectivity index (χ1v) is 5.65. The third-order valence-corrected chi connectivity index (χ3v) is 2.13. The zero-order chi connectivity index (χ0) is 12.1. The number of anilines is 1. The van der Waals surface area contributed by atoms with Crippen molar-refractivity contribution in [2.75, 3.05) is 12.3 Å².